The molecule has 4 nitrogen and oxygen atoms in total. The first-order valence-electron chi connectivity index (χ1n) is 8.14. The number of aliphatic hydroxyl groups is 2. The van der Waals surface area contributed by atoms with Gasteiger partial charge in [-0.1, -0.05) is 30.3 Å². The van der Waals surface area contributed by atoms with Gasteiger partial charge in [0.2, 0.25) is 0 Å². The molecule has 3 aromatic rings. The fourth-order valence-electron chi connectivity index (χ4n) is 2.98. The van der Waals surface area contributed by atoms with Gasteiger partial charge in [0.05, 0.1) is 17.9 Å². The Morgan fingerprint density at radius 2 is 1.75 bits per heavy atom. The van der Waals surface area contributed by atoms with Crippen molar-refractivity contribution in [1.29, 1.82) is 0 Å². The number of ether oxygens (including phenoxy) is 1. The summed E-state index contributed by atoms with van der Waals surface area (Å²) in [5, 5.41) is 20.5. The number of aromatic amines is 1. The topological polar surface area (TPSA) is 65.5 Å². The zero-order chi connectivity index (χ0) is 17.2. The molecule has 0 unspecified atom stereocenters. The Labute approximate surface area is 141 Å². The average Bonchev–Trinajstić information content (AvgIpc) is 2.93. The van der Waals surface area contributed by atoms with Crippen LogP contribution in [0.1, 0.15) is 30.7 Å². The molecule has 0 fully saturated rings. The highest BCUT2D eigenvalue weighted by Gasteiger charge is 2.24. The van der Waals surface area contributed by atoms with Gasteiger partial charge in [0.1, 0.15) is 12.4 Å². The summed E-state index contributed by atoms with van der Waals surface area (Å²) < 4.78 is 5.40. The van der Waals surface area contributed by atoms with Crippen molar-refractivity contribution in [1.82, 2.24) is 4.98 Å². The highest BCUT2D eigenvalue weighted by molar-refractivity contribution is 5.85. The lowest BCUT2D eigenvalue weighted by Crippen LogP contribution is -2.18. The molecule has 24 heavy (non-hydrogen) atoms. The molecule has 0 atom stereocenters. The second kappa shape index (κ2) is 6.67. The number of hydrogen-bond acceptors (Lipinski definition) is 3. The van der Waals surface area contributed by atoms with Crippen LogP contribution in [0.2, 0.25) is 0 Å². The third-order valence-corrected chi connectivity index (χ3v) is 4.09. The van der Waals surface area contributed by atoms with Crippen molar-refractivity contribution < 1.29 is 14.9 Å². The smallest absolute Gasteiger partial charge is 0.119 e. The monoisotopic (exact) mass is 325 g/mol. The maximum atomic E-state index is 10.5. The number of H-pyrrole nitrogens is 1. The summed E-state index contributed by atoms with van der Waals surface area (Å²) in [7, 11) is 0. The molecular formula is C20H23NO3. The quantitative estimate of drug-likeness (QED) is 0.651. The molecule has 0 aliphatic rings. The van der Waals surface area contributed by atoms with Crippen LogP contribution in [0.15, 0.2) is 48.5 Å². The first-order valence-corrected chi connectivity index (χ1v) is 8.14. The van der Waals surface area contributed by atoms with Crippen molar-refractivity contribution >= 4 is 10.9 Å². The van der Waals surface area contributed by atoms with Crippen molar-refractivity contribution in [3.63, 3.8) is 0 Å². The molecule has 0 bridgehead atoms. The van der Waals surface area contributed by atoms with E-state index < -0.39 is 5.60 Å². The maximum absolute atomic E-state index is 10.5. The fraction of sp³-hybridized carbons (Fsp3) is 0.300. The zero-order valence-electron chi connectivity index (χ0n) is 14.0. The zero-order valence-corrected chi connectivity index (χ0v) is 14.0. The van der Waals surface area contributed by atoms with E-state index in [0.29, 0.717) is 6.61 Å². The number of fused-ring (bicyclic) bond motifs is 1. The van der Waals surface area contributed by atoms with E-state index in [2.05, 4.69) is 11.1 Å². The van der Waals surface area contributed by atoms with E-state index in [1.807, 2.05) is 42.5 Å². The third kappa shape index (κ3) is 3.45. The molecule has 0 saturated carbocycles. The highest BCUT2D eigenvalue weighted by Crippen LogP contribution is 2.32. The normalized spacial score (nSPS) is 11.8. The molecule has 4 heteroatoms. The van der Waals surface area contributed by atoms with E-state index in [1.54, 1.807) is 13.8 Å². The Kier molecular flexibility index (Phi) is 4.60. The minimum atomic E-state index is -0.932. The lowest BCUT2D eigenvalue weighted by Gasteiger charge is -2.18. The van der Waals surface area contributed by atoms with Crippen molar-refractivity contribution in [3.8, 4) is 5.75 Å². The molecule has 0 radical (unpaired) electrons. The highest BCUT2D eigenvalue weighted by atomic mass is 16.5. The Morgan fingerprint density at radius 1 is 1.04 bits per heavy atom. The maximum Gasteiger partial charge on any atom is 0.119 e. The first-order chi connectivity index (χ1) is 11.5. The number of benzene rings is 2. The van der Waals surface area contributed by atoms with Crippen molar-refractivity contribution in [2.75, 3.05) is 13.2 Å². The van der Waals surface area contributed by atoms with Gasteiger partial charge in [-0.3, -0.25) is 0 Å². The van der Waals surface area contributed by atoms with Crippen LogP contribution in [0.4, 0.5) is 0 Å². The second-order valence-electron chi connectivity index (χ2n) is 6.48. The number of rotatable bonds is 6. The van der Waals surface area contributed by atoms with Gasteiger partial charge in [0.15, 0.2) is 0 Å². The Hall–Kier alpha value is -2.30. The van der Waals surface area contributed by atoms with Gasteiger partial charge in [-0.15, -0.1) is 0 Å². The van der Waals surface area contributed by atoms with Gasteiger partial charge in [0, 0.05) is 10.9 Å². The third-order valence-electron chi connectivity index (χ3n) is 4.09. The average molecular weight is 325 g/mol. The van der Waals surface area contributed by atoms with Crippen LogP contribution in [0, 0.1) is 0 Å². The molecule has 0 saturated heterocycles. The van der Waals surface area contributed by atoms with E-state index in [1.165, 1.54) is 0 Å². The molecule has 1 aromatic heterocycles. The second-order valence-corrected chi connectivity index (χ2v) is 6.48. The molecule has 1 heterocycles. The van der Waals surface area contributed by atoms with E-state index in [0.717, 1.165) is 39.9 Å². The van der Waals surface area contributed by atoms with Crippen LogP contribution < -0.4 is 4.74 Å². The summed E-state index contributed by atoms with van der Waals surface area (Å²) in [5.41, 5.74) is 3.21. The van der Waals surface area contributed by atoms with Gasteiger partial charge in [0.25, 0.3) is 0 Å². The minimum Gasteiger partial charge on any atom is -0.491 e. The van der Waals surface area contributed by atoms with Gasteiger partial charge in [-0.05, 0) is 49.6 Å². The number of aromatic nitrogens is 1. The number of para-hydroxylation sites is 1. The van der Waals surface area contributed by atoms with Crippen molar-refractivity contribution in [3.05, 3.63) is 65.4 Å². The van der Waals surface area contributed by atoms with Crippen molar-refractivity contribution in [2.24, 2.45) is 0 Å². The van der Waals surface area contributed by atoms with Gasteiger partial charge >= 0.3 is 0 Å². The minimum absolute atomic E-state index is 0.00599. The van der Waals surface area contributed by atoms with E-state index >= 15 is 0 Å². The fourth-order valence-corrected chi connectivity index (χ4v) is 2.98. The van der Waals surface area contributed by atoms with E-state index in [9.17, 15) is 5.11 Å². The molecule has 0 spiro atoms. The number of aliphatic hydroxyl groups excluding tert-OH is 1. The Bertz CT molecular complexity index is 813. The summed E-state index contributed by atoms with van der Waals surface area (Å²) in [5.74, 6) is 0.745. The Morgan fingerprint density at radius 3 is 2.42 bits per heavy atom. The van der Waals surface area contributed by atoms with Gasteiger partial charge < -0.3 is 19.9 Å². The number of nitrogens with one attached hydrogen (secondary N) is 1. The van der Waals surface area contributed by atoms with Gasteiger partial charge in [-0.25, -0.2) is 0 Å². The molecule has 3 N–H and O–H groups in total. The van der Waals surface area contributed by atoms with Crippen LogP contribution >= 0.6 is 0 Å². The molecule has 2 aromatic carbocycles. The molecule has 0 aliphatic carbocycles. The first kappa shape index (κ1) is 16.6. The van der Waals surface area contributed by atoms with Crippen LogP contribution in [0.25, 0.3) is 10.9 Å². The van der Waals surface area contributed by atoms with Crippen molar-refractivity contribution in [2.45, 2.75) is 25.9 Å². The van der Waals surface area contributed by atoms with E-state index in [-0.39, 0.29) is 6.61 Å². The summed E-state index contributed by atoms with van der Waals surface area (Å²) in [6, 6.07) is 16.0. The Balaban J connectivity index is 1.94. The predicted octanol–water partition coefficient (Wildman–Crippen LogP) is 3.36. The van der Waals surface area contributed by atoms with Crippen LogP contribution in [-0.4, -0.2) is 28.4 Å². The lowest BCUT2D eigenvalue weighted by molar-refractivity contribution is 0.0738. The van der Waals surface area contributed by atoms with Crippen LogP contribution in [0.3, 0.4) is 0 Å². The standard InChI is InChI=1S/C20H23NO3/c1-20(2,23)19-17(16-5-3-4-6-18(16)21-19)13-14-7-9-15(10-8-14)24-12-11-22/h3-10,21-23H,11-13H2,1-2H3. The van der Waals surface area contributed by atoms with E-state index in [4.69, 9.17) is 9.84 Å². The largest absolute Gasteiger partial charge is 0.491 e. The summed E-state index contributed by atoms with van der Waals surface area (Å²) in [6.07, 6.45) is 0.726. The predicted molar refractivity (Wildman–Crippen MR) is 95.4 cm³/mol. The van der Waals surface area contributed by atoms with Gasteiger partial charge in [-0.2, -0.15) is 0 Å². The molecule has 0 aliphatic heterocycles. The molecular weight excluding hydrogens is 302 g/mol. The number of hydrogen-bond donors (Lipinski definition) is 3. The molecule has 126 valence electrons. The SMILES string of the molecule is CC(C)(O)c1[nH]c2ccccc2c1Cc1ccc(OCCO)cc1. The lowest BCUT2D eigenvalue weighted by atomic mass is 9.95. The summed E-state index contributed by atoms with van der Waals surface area (Å²) in [4.78, 5) is 3.36. The summed E-state index contributed by atoms with van der Waals surface area (Å²) in [6.45, 7) is 3.90. The molecule has 3 rings (SSSR count). The van der Waals surface area contributed by atoms with Crippen LogP contribution in [0.5, 0.6) is 5.75 Å². The molecule has 0 amide bonds. The summed E-state index contributed by atoms with van der Waals surface area (Å²) >= 11 is 0. The van der Waals surface area contributed by atoms with Crippen LogP contribution in [-0.2, 0) is 12.0 Å².